The van der Waals surface area contributed by atoms with Gasteiger partial charge in [-0.15, -0.1) is 0 Å². The number of nitrogens with one attached hydrogen (secondary N) is 1. The summed E-state index contributed by atoms with van der Waals surface area (Å²) in [6, 6.07) is 15.4. The zero-order valence-electron chi connectivity index (χ0n) is 11.5. The molecule has 0 saturated carbocycles. The van der Waals surface area contributed by atoms with Gasteiger partial charge in [0, 0.05) is 22.0 Å². The lowest BCUT2D eigenvalue weighted by atomic mass is 10.1. The molecule has 0 atom stereocenters. The number of esters is 1. The second-order valence-corrected chi connectivity index (χ2v) is 5.24. The summed E-state index contributed by atoms with van der Waals surface area (Å²) in [5.41, 5.74) is 1.30. The summed E-state index contributed by atoms with van der Waals surface area (Å²) in [5, 5.41) is 1.23. The number of fused-ring (bicyclic) bond motifs is 1. The average molecular weight is 314 g/mol. The Labute approximate surface area is 131 Å². The molecular weight excluding hydrogens is 302 g/mol. The van der Waals surface area contributed by atoms with Gasteiger partial charge in [0.1, 0.15) is 6.61 Å². The van der Waals surface area contributed by atoms with Crippen LogP contribution in [0.15, 0.2) is 59.4 Å². The SMILES string of the molecule is O=C(OCc1cccc(Cl)c1)c1cc(=O)[nH]c2ccccc12. The van der Waals surface area contributed by atoms with Gasteiger partial charge < -0.3 is 9.72 Å². The normalized spacial score (nSPS) is 10.6. The van der Waals surface area contributed by atoms with Gasteiger partial charge >= 0.3 is 5.97 Å². The van der Waals surface area contributed by atoms with E-state index in [1.54, 1.807) is 42.5 Å². The van der Waals surface area contributed by atoms with Gasteiger partial charge in [-0.1, -0.05) is 41.9 Å². The summed E-state index contributed by atoms with van der Waals surface area (Å²) in [5.74, 6) is -0.540. The van der Waals surface area contributed by atoms with Crippen molar-refractivity contribution in [1.82, 2.24) is 4.98 Å². The van der Waals surface area contributed by atoms with Crippen LogP contribution in [0.3, 0.4) is 0 Å². The Bertz CT molecular complexity index is 902. The van der Waals surface area contributed by atoms with Gasteiger partial charge in [-0.3, -0.25) is 4.79 Å². The van der Waals surface area contributed by atoms with E-state index in [-0.39, 0.29) is 17.7 Å². The van der Waals surface area contributed by atoms with Gasteiger partial charge in [0.15, 0.2) is 0 Å². The molecule has 1 N–H and O–H groups in total. The minimum atomic E-state index is -0.540. The molecule has 0 radical (unpaired) electrons. The van der Waals surface area contributed by atoms with E-state index in [1.807, 2.05) is 6.07 Å². The fourth-order valence-corrected chi connectivity index (χ4v) is 2.44. The van der Waals surface area contributed by atoms with E-state index in [9.17, 15) is 9.59 Å². The second-order valence-electron chi connectivity index (χ2n) is 4.80. The molecule has 0 unspecified atom stereocenters. The van der Waals surface area contributed by atoms with Crippen LogP contribution < -0.4 is 5.56 Å². The summed E-state index contributed by atoms with van der Waals surface area (Å²) in [6.07, 6.45) is 0. The molecule has 3 rings (SSSR count). The summed E-state index contributed by atoms with van der Waals surface area (Å²) >= 11 is 5.89. The Hall–Kier alpha value is -2.59. The van der Waals surface area contributed by atoms with E-state index in [4.69, 9.17) is 16.3 Å². The number of carbonyl (C=O) groups is 1. The number of aromatic amines is 1. The molecule has 0 bridgehead atoms. The zero-order chi connectivity index (χ0) is 15.5. The predicted octanol–water partition coefficient (Wildman–Crippen LogP) is 3.54. The molecule has 110 valence electrons. The highest BCUT2D eigenvalue weighted by atomic mass is 35.5. The van der Waals surface area contributed by atoms with Crippen molar-refractivity contribution in [3.63, 3.8) is 0 Å². The van der Waals surface area contributed by atoms with Gasteiger partial charge in [0.25, 0.3) is 0 Å². The van der Waals surface area contributed by atoms with E-state index in [0.717, 1.165) is 5.56 Å². The van der Waals surface area contributed by atoms with Crippen molar-refractivity contribution in [3.8, 4) is 0 Å². The summed E-state index contributed by atoms with van der Waals surface area (Å²) < 4.78 is 5.28. The molecule has 0 aliphatic carbocycles. The smallest absolute Gasteiger partial charge is 0.339 e. The van der Waals surface area contributed by atoms with E-state index < -0.39 is 5.97 Å². The predicted molar refractivity (Wildman–Crippen MR) is 85.1 cm³/mol. The van der Waals surface area contributed by atoms with E-state index >= 15 is 0 Å². The van der Waals surface area contributed by atoms with Crippen LogP contribution in [0.25, 0.3) is 10.9 Å². The molecule has 0 aliphatic rings. The highest BCUT2D eigenvalue weighted by Crippen LogP contribution is 2.17. The van der Waals surface area contributed by atoms with Crippen molar-refractivity contribution >= 4 is 28.5 Å². The maximum Gasteiger partial charge on any atom is 0.339 e. The van der Waals surface area contributed by atoms with Crippen molar-refractivity contribution in [2.45, 2.75) is 6.61 Å². The van der Waals surface area contributed by atoms with Crippen LogP contribution in [-0.4, -0.2) is 11.0 Å². The molecule has 4 nitrogen and oxygen atoms in total. The Morgan fingerprint density at radius 1 is 1.09 bits per heavy atom. The molecule has 0 saturated heterocycles. The first kappa shape index (κ1) is 14.4. The molecule has 0 fully saturated rings. The molecule has 0 amide bonds. The Morgan fingerprint density at radius 2 is 1.91 bits per heavy atom. The lowest BCUT2D eigenvalue weighted by Gasteiger charge is -2.07. The Balaban J connectivity index is 1.88. The highest BCUT2D eigenvalue weighted by molar-refractivity contribution is 6.30. The van der Waals surface area contributed by atoms with E-state index in [0.29, 0.717) is 15.9 Å². The number of pyridine rings is 1. The number of benzene rings is 2. The van der Waals surface area contributed by atoms with Gasteiger partial charge in [0.05, 0.1) is 5.56 Å². The third-order valence-electron chi connectivity index (χ3n) is 3.23. The van der Waals surface area contributed by atoms with Gasteiger partial charge in [-0.05, 0) is 23.8 Å². The van der Waals surface area contributed by atoms with Crippen LogP contribution in [0, 0.1) is 0 Å². The number of aromatic nitrogens is 1. The first-order chi connectivity index (χ1) is 10.6. The fourth-order valence-electron chi connectivity index (χ4n) is 2.23. The largest absolute Gasteiger partial charge is 0.457 e. The number of H-pyrrole nitrogens is 1. The van der Waals surface area contributed by atoms with E-state index in [1.165, 1.54) is 6.07 Å². The zero-order valence-corrected chi connectivity index (χ0v) is 12.3. The van der Waals surface area contributed by atoms with Crippen LogP contribution in [0.4, 0.5) is 0 Å². The molecule has 3 aromatic rings. The van der Waals surface area contributed by atoms with Crippen molar-refractivity contribution in [3.05, 3.63) is 81.1 Å². The lowest BCUT2D eigenvalue weighted by molar-refractivity contribution is 0.0475. The van der Waals surface area contributed by atoms with Gasteiger partial charge in [-0.25, -0.2) is 4.79 Å². The molecule has 5 heteroatoms. The van der Waals surface area contributed by atoms with Crippen LogP contribution in [-0.2, 0) is 11.3 Å². The van der Waals surface area contributed by atoms with Crippen molar-refractivity contribution < 1.29 is 9.53 Å². The topological polar surface area (TPSA) is 59.2 Å². The number of rotatable bonds is 3. The molecule has 1 aromatic heterocycles. The number of halogens is 1. The van der Waals surface area contributed by atoms with Crippen molar-refractivity contribution in [2.75, 3.05) is 0 Å². The lowest BCUT2D eigenvalue weighted by Crippen LogP contribution is -2.12. The number of para-hydroxylation sites is 1. The molecule has 0 aliphatic heterocycles. The maximum atomic E-state index is 12.3. The van der Waals surface area contributed by atoms with Crippen LogP contribution in [0.2, 0.25) is 5.02 Å². The Morgan fingerprint density at radius 3 is 2.73 bits per heavy atom. The summed E-state index contributed by atoms with van der Waals surface area (Å²) in [4.78, 5) is 26.6. The van der Waals surface area contributed by atoms with Crippen LogP contribution >= 0.6 is 11.6 Å². The minimum absolute atomic E-state index is 0.0977. The van der Waals surface area contributed by atoms with Crippen LogP contribution in [0.5, 0.6) is 0 Å². The van der Waals surface area contributed by atoms with Crippen LogP contribution in [0.1, 0.15) is 15.9 Å². The summed E-state index contributed by atoms with van der Waals surface area (Å²) in [7, 11) is 0. The molecule has 2 aromatic carbocycles. The highest BCUT2D eigenvalue weighted by Gasteiger charge is 2.13. The standard InChI is InChI=1S/C17H12ClNO3/c18-12-5-3-4-11(8-12)10-22-17(21)14-9-16(20)19-15-7-2-1-6-13(14)15/h1-9H,10H2,(H,19,20). The number of hydrogen-bond acceptors (Lipinski definition) is 3. The van der Waals surface area contributed by atoms with Crippen molar-refractivity contribution in [2.24, 2.45) is 0 Å². The third-order valence-corrected chi connectivity index (χ3v) is 3.46. The molecule has 0 spiro atoms. The molecular formula is C17H12ClNO3. The van der Waals surface area contributed by atoms with Gasteiger partial charge in [-0.2, -0.15) is 0 Å². The third kappa shape index (κ3) is 3.02. The second kappa shape index (κ2) is 6.03. The number of carbonyl (C=O) groups excluding carboxylic acids is 1. The molecule has 22 heavy (non-hydrogen) atoms. The first-order valence-electron chi connectivity index (χ1n) is 6.67. The minimum Gasteiger partial charge on any atom is -0.457 e. The number of hydrogen-bond donors (Lipinski definition) is 1. The monoisotopic (exact) mass is 313 g/mol. The number of ether oxygens (including phenoxy) is 1. The summed E-state index contributed by atoms with van der Waals surface area (Å²) in [6.45, 7) is 0.0977. The average Bonchev–Trinajstić information content (AvgIpc) is 2.52. The Kier molecular flexibility index (Phi) is 3.94. The van der Waals surface area contributed by atoms with E-state index in [2.05, 4.69) is 4.98 Å². The molecule has 1 heterocycles. The fraction of sp³-hybridized carbons (Fsp3) is 0.0588. The van der Waals surface area contributed by atoms with Crippen molar-refractivity contribution in [1.29, 1.82) is 0 Å². The quantitative estimate of drug-likeness (QED) is 0.752. The maximum absolute atomic E-state index is 12.3. The van der Waals surface area contributed by atoms with Gasteiger partial charge in [0.2, 0.25) is 5.56 Å². The first-order valence-corrected chi connectivity index (χ1v) is 7.05.